The smallest absolute Gasteiger partial charge is 0.174 e. The zero-order valence-corrected chi connectivity index (χ0v) is 20.8. The predicted molar refractivity (Wildman–Crippen MR) is 135 cm³/mol. The van der Waals surface area contributed by atoms with Crippen molar-refractivity contribution in [3.8, 4) is 0 Å². The second-order valence-corrected chi connectivity index (χ2v) is 11.8. The van der Waals surface area contributed by atoms with Gasteiger partial charge in [-0.25, -0.2) is 14.2 Å². The first-order valence-electron chi connectivity index (χ1n) is 10.8. The van der Waals surface area contributed by atoms with Crippen LogP contribution in [0.1, 0.15) is 33.3 Å². The molecule has 2 aliphatic heterocycles. The number of halogens is 1. The lowest BCUT2D eigenvalue weighted by atomic mass is 9.84. The number of hydrogen-bond acceptors (Lipinski definition) is 3. The Morgan fingerprint density at radius 2 is 1.68 bits per heavy atom. The Balaban J connectivity index is 2.08. The summed E-state index contributed by atoms with van der Waals surface area (Å²) >= 11 is 6.59. The van der Waals surface area contributed by atoms with Crippen molar-refractivity contribution in [2.75, 3.05) is 32.1 Å². The van der Waals surface area contributed by atoms with Crippen LogP contribution in [-0.2, 0) is 5.41 Å². The van der Waals surface area contributed by atoms with Crippen molar-refractivity contribution in [1.29, 1.82) is 0 Å². The van der Waals surface area contributed by atoms with Gasteiger partial charge in [-0.2, -0.15) is 5.10 Å². The summed E-state index contributed by atoms with van der Waals surface area (Å²) in [5, 5.41) is 6.68. The quantitative estimate of drug-likeness (QED) is 0.469. The summed E-state index contributed by atoms with van der Waals surface area (Å²) in [5.41, 5.74) is 4.49. The van der Waals surface area contributed by atoms with Crippen molar-refractivity contribution in [2.45, 2.75) is 33.1 Å². The maximum atomic E-state index is 6.59. The van der Waals surface area contributed by atoms with Crippen LogP contribution in [0.4, 0.5) is 11.4 Å². The van der Waals surface area contributed by atoms with Gasteiger partial charge >= 0.3 is 0 Å². The molecule has 2 aromatic carbocycles. The van der Waals surface area contributed by atoms with Gasteiger partial charge in [-0.3, -0.25) is 0 Å². The lowest BCUT2D eigenvalue weighted by molar-refractivity contribution is 0.452. The van der Waals surface area contributed by atoms with E-state index in [-0.39, 0.29) is 5.41 Å². The molecule has 0 bridgehead atoms. The molecule has 0 saturated carbocycles. The van der Waals surface area contributed by atoms with Crippen LogP contribution in [0.25, 0.3) is 0 Å². The molecule has 0 saturated heterocycles. The minimum absolute atomic E-state index is 0.160. The largest absolute Gasteiger partial charge is 0.346 e. The number of likely N-dealkylation sites (N-methyl/N-ethyl adjacent to an activating group) is 1. The summed E-state index contributed by atoms with van der Waals surface area (Å²) in [6.07, 6.45) is 2.03. The highest BCUT2D eigenvalue weighted by molar-refractivity contribution is 7.67. The summed E-state index contributed by atoms with van der Waals surface area (Å²) in [7, 11) is 1.83. The molecule has 0 N–H and O–H groups in total. The van der Waals surface area contributed by atoms with Crippen LogP contribution >= 0.6 is 19.0 Å². The molecule has 2 heterocycles. The average molecular weight is 456 g/mol. The molecule has 2 aromatic rings. The zero-order chi connectivity index (χ0) is 22.4. The van der Waals surface area contributed by atoms with E-state index in [9.17, 15) is 0 Å². The van der Waals surface area contributed by atoms with E-state index in [1.54, 1.807) is 0 Å². The van der Waals surface area contributed by atoms with Crippen LogP contribution < -0.4 is 4.90 Å². The van der Waals surface area contributed by atoms with Gasteiger partial charge in [0.15, 0.2) is 7.36 Å². The molecule has 2 aliphatic rings. The highest BCUT2D eigenvalue weighted by atomic mass is 35.5. The average Bonchev–Trinajstić information content (AvgIpc) is 3.16. The standard InChI is InChI=1S/C24H31ClN5P/c1-7-30(8-2)31(27-20-15-11-10-14-19(20)25)22(17-26-29(31)6)23-24(3,4)18-13-9-12-16-21(18)28(23)5/h9-17H,7-8H2,1-6H3/b23-22-/t31-/m1/s1. The number of rotatable bonds is 4. The van der Waals surface area contributed by atoms with Crippen LogP contribution in [0.15, 0.2) is 69.4 Å². The molecule has 164 valence electrons. The van der Waals surface area contributed by atoms with E-state index >= 15 is 0 Å². The second kappa shape index (κ2) is 8.12. The monoisotopic (exact) mass is 455 g/mol. The summed E-state index contributed by atoms with van der Waals surface area (Å²) < 4.78 is 9.96. The number of fused-ring (bicyclic) bond motifs is 1. The summed E-state index contributed by atoms with van der Waals surface area (Å²) in [6, 6.07) is 16.5. The molecule has 0 aliphatic carbocycles. The number of para-hydroxylation sites is 1. The predicted octanol–water partition coefficient (Wildman–Crippen LogP) is 6.91. The van der Waals surface area contributed by atoms with Crippen LogP contribution in [0.5, 0.6) is 0 Å². The van der Waals surface area contributed by atoms with Crippen molar-refractivity contribution in [3.63, 3.8) is 0 Å². The highest BCUT2D eigenvalue weighted by Gasteiger charge is 2.47. The molecule has 0 spiro atoms. The third-order valence-electron chi connectivity index (χ3n) is 6.41. The molecule has 0 fully saturated rings. The van der Waals surface area contributed by atoms with Gasteiger partial charge in [0.05, 0.1) is 22.2 Å². The zero-order valence-electron chi connectivity index (χ0n) is 19.2. The maximum Gasteiger partial charge on any atom is 0.174 e. The topological polar surface area (TPSA) is 34.4 Å². The normalized spacial score (nSPS) is 24.3. The number of hydrogen-bond donors (Lipinski definition) is 0. The van der Waals surface area contributed by atoms with Crippen molar-refractivity contribution < 1.29 is 0 Å². The molecule has 7 heteroatoms. The van der Waals surface area contributed by atoms with Gasteiger partial charge in [-0.1, -0.05) is 69.6 Å². The van der Waals surface area contributed by atoms with E-state index in [1.807, 2.05) is 37.5 Å². The van der Waals surface area contributed by atoms with Crippen LogP contribution in [0.3, 0.4) is 0 Å². The number of hydrazone groups is 1. The van der Waals surface area contributed by atoms with Gasteiger partial charge < -0.3 is 4.90 Å². The van der Waals surface area contributed by atoms with Crippen molar-refractivity contribution in [2.24, 2.45) is 9.85 Å². The van der Waals surface area contributed by atoms with Crippen molar-refractivity contribution in [3.05, 3.63) is 70.1 Å². The SMILES string of the molecule is CCN(CC)[P@@]1(=Nc2ccccc2Cl)/C(=C2\N(C)c3ccccc3C2(C)C)C=NN1C. The van der Waals surface area contributed by atoms with Crippen LogP contribution in [0.2, 0.25) is 5.02 Å². The molecule has 0 unspecified atom stereocenters. The van der Waals surface area contributed by atoms with Crippen molar-refractivity contribution in [1.82, 2.24) is 9.45 Å². The molecule has 31 heavy (non-hydrogen) atoms. The molecule has 0 amide bonds. The molecular formula is C24H31ClN5P. The van der Waals surface area contributed by atoms with Gasteiger partial charge in [0.25, 0.3) is 0 Å². The lowest BCUT2D eigenvalue weighted by Crippen LogP contribution is -2.30. The van der Waals surface area contributed by atoms with Gasteiger partial charge in [0.1, 0.15) is 0 Å². The number of allylic oxidation sites excluding steroid dienone is 2. The number of benzene rings is 2. The molecule has 5 nitrogen and oxygen atoms in total. The molecular weight excluding hydrogens is 425 g/mol. The minimum atomic E-state index is -2.38. The van der Waals surface area contributed by atoms with Gasteiger partial charge in [-0.05, 0) is 23.8 Å². The van der Waals surface area contributed by atoms with E-state index in [2.05, 4.69) is 73.4 Å². The molecule has 1 atom stereocenters. The lowest BCUT2D eigenvalue weighted by Gasteiger charge is -2.39. The van der Waals surface area contributed by atoms with Gasteiger partial charge in [0.2, 0.25) is 0 Å². The first kappa shape index (κ1) is 22.1. The molecule has 0 aromatic heterocycles. The number of nitrogens with zero attached hydrogens (tertiary/aromatic N) is 5. The first-order valence-corrected chi connectivity index (χ1v) is 12.8. The van der Waals surface area contributed by atoms with Crippen molar-refractivity contribution >= 4 is 36.5 Å². The Morgan fingerprint density at radius 1 is 1.03 bits per heavy atom. The van der Waals surface area contributed by atoms with Gasteiger partial charge in [0, 0.05) is 44.0 Å². The third kappa shape index (κ3) is 3.26. The van der Waals surface area contributed by atoms with E-state index in [1.165, 1.54) is 22.3 Å². The fraction of sp³-hybridized carbons (Fsp3) is 0.375. The van der Waals surface area contributed by atoms with E-state index < -0.39 is 7.36 Å². The molecule has 0 radical (unpaired) electrons. The van der Waals surface area contributed by atoms with E-state index in [4.69, 9.17) is 21.4 Å². The minimum Gasteiger partial charge on any atom is -0.346 e. The summed E-state index contributed by atoms with van der Waals surface area (Å²) in [6.45, 7) is 10.7. The summed E-state index contributed by atoms with van der Waals surface area (Å²) in [4.78, 5) is 2.33. The Bertz CT molecular complexity index is 1120. The Labute approximate surface area is 191 Å². The Hall–Kier alpha value is -2.07. The fourth-order valence-electron chi connectivity index (χ4n) is 4.92. The second-order valence-electron chi connectivity index (χ2n) is 8.43. The van der Waals surface area contributed by atoms with E-state index in [0.29, 0.717) is 5.02 Å². The third-order valence-corrected chi connectivity index (χ3v) is 10.5. The van der Waals surface area contributed by atoms with Crippen LogP contribution in [0, 0.1) is 0 Å². The highest BCUT2D eigenvalue weighted by Crippen LogP contribution is 2.69. The fourth-order valence-corrected chi connectivity index (χ4v) is 8.88. The Kier molecular flexibility index (Phi) is 5.80. The number of anilines is 1. The summed E-state index contributed by atoms with van der Waals surface area (Å²) in [5.74, 6) is 0. The first-order chi connectivity index (χ1) is 14.8. The maximum absolute atomic E-state index is 6.59. The Morgan fingerprint density at radius 3 is 2.32 bits per heavy atom. The van der Waals surface area contributed by atoms with Gasteiger partial charge in [-0.15, -0.1) is 0 Å². The molecule has 4 rings (SSSR count). The van der Waals surface area contributed by atoms with E-state index in [0.717, 1.165) is 18.8 Å². The van der Waals surface area contributed by atoms with Crippen LogP contribution in [-0.4, -0.2) is 42.8 Å².